The van der Waals surface area contributed by atoms with Crippen LogP contribution in [-0.4, -0.2) is 24.1 Å². The van der Waals surface area contributed by atoms with Gasteiger partial charge in [0.05, 0.1) is 5.39 Å². The van der Waals surface area contributed by atoms with Crippen molar-refractivity contribution >= 4 is 27.4 Å². The lowest BCUT2D eigenvalue weighted by Gasteiger charge is -2.34. The van der Waals surface area contributed by atoms with Crippen LogP contribution < -0.4 is 5.32 Å². The molecule has 0 saturated heterocycles. The van der Waals surface area contributed by atoms with Crippen LogP contribution in [0.3, 0.4) is 0 Å². The molecule has 1 aliphatic rings. The molecule has 2 heterocycles. The Kier molecular flexibility index (Phi) is 3.88. The lowest BCUT2D eigenvalue weighted by Crippen LogP contribution is -2.33. The van der Waals surface area contributed by atoms with Gasteiger partial charge in [0.25, 0.3) is 0 Å². The van der Waals surface area contributed by atoms with Crippen LogP contribution in [0.2, 0.25) is 0 Å². The molecule has 1 fully saturated rings. The highest BCUT2D eigenvalue weighted by atomic mass is 32.1. The quantitative estimate of drug-likeness (QED) is 0.925. The van der Waals surface area contributed by atoms with E-state index in [0.29, 0.717) is 0 Å². The number of aromatic nitrogens is 2. The summed E-state index contributed by atoms with van der Waals surface area (Å²) in [6.45, 7) is 4.29. The summed E-state index contributed by atoms with van der Waals surface area (Å²) in [5.74, 6) is 1.78. The monoisotopic (exact) mass is 305 g/mol. The van der Waals surface area contributed by atoms with Gasteiger partial charge in [-0.1, -0.05) is 19.3 Å². The zero-order chi connectivity index (χ0) is 15.0. The first-order chi connectivity index (χ1) is 10.1. The molecule has 0 aliphatic heterocycles. The van der Waals surface area contributed by atoms with Crippen molar-refractivity contribution in [2.24, 2.45) is 0 Å². The molecule has 21 heavy (non-hydrogen) atoms. The number of anilines is 1. The van der Waals surface area contributed by atoms with E-state index in [1.165, 1.54) is 29.7 Å². The van der Waals surface area contributed by atoms with E-state index in [4.69, 9.17) is 14.7 Å². The largest absolute Gasteiger partial charge is 0.372 e. The summed E-state index contributed by atoms with van der Waals surface area (Å²) in [4.78, 5) is 12.1. The fourth-order valence-electron chi connectivity index (χ4n) is 3.28. The van der Waals surface area contributed by atoms with E-state index in [2.05, 4.69) is 19.2 Å². The number of nitrogens with one attached hydrogen (secondary N) is 1. The first-order valence-electron chi connectivity index (χ1n) is 7.62. The van der Waals surface area contributed by atoms with Crippen molar-refractivity contribution in [1.29, 1.82) is 0 Å². The van der Waals surface area contributed by atoms with E-state index in [9.17, 15) is 0 Å². The number of ether oxygens (including phenoxy) is 1. The minimum Gasteiger partial charge on any atom is -0.372 e. The van der Waals surface area contributed by atoms with Crippen molar-refractivity contribution in [3.63, 3.8) is 0 Å². The van der Waals surface area contributed by atoms with Gasteiger partial charge in [-0.15, -0.1) is 11.3 Å². The van der Waals surface area contributed by atoms with Gasteiger partial charge in [0.1, 0.15) is 16.2 Å². The van der Waals surface area contributed by atoms with Gasteiger partial charge >= 0.3 is 0 Å². The van der Waals surface area contributed by atoms with E-state index in [0.717, 1.165) is 34.7 Å². The standard InChI is InChI=1S/C16H23N3OS/c1-10-11(2)21-14-12(10)13(17-3)18-15(19-14)16(20-4)8-6-5-7-9-16/h5-9H2,1-4H3,(H,17,18,19). The van der Waals surface area contributed by atoms with Gasteiger partial charge in [0, 0.05) is 19.0 Å². The van der Waals surface area contributed by atoms with Crippen LogP contribution in [0.5, 0.6) is 0 Å². The molecule has 114 valence electrons. The number of hydrogen-bond donors (Lipinski definition) is 1. The molecule has 3 rings (SSSR count). The zero-order valence-corrected chi connectivity index (χ0v) is 14.1. The van der Waals surface area contributed by atoms with Crippen molar-refractivity contribution in [2.45, 2.75) is 51.6 Å². The van der Waals surface area contributed by atoms with Gasteiger partial charge < -0.3 is 10.1 Å². The average molecular weight is 305 g/mol. The molecule has 5 heteroatoms. The highest BCUT2D eigenvalue weighted by molar-refractivity contribution is 7.18. The second-order valence-electron chi connectivity index (χ2n) is 5.87. The van der Waals surface area contributed by atoms with Crippen LogP contribution in [0.25, 0.3) is 10.2 Å². The topological polar surface area (TPSA) is 47.0 Å². The second kappa shape index (κ2) is 5.54. The molecule has 1 aliphatic carbocycles. The second-order valence-corrected chi connectivity index (χ2v) is 7.07. The van der Waals surface area contributed by atoms with E-state index in [1.54, 1.807) is 18.4 Å². The van der Waals surface area contributed by atoms with Crippen molar-refractivity contribution in [2.75, 3.05) is 19.5 Å². The summed E-state index contributed by atoms with van der Waals surface area (Å²) in [5, 5.41) is 4.40. The SMILES string of the molecule is CNc1nc(C2(OC)CCCCC2)nc2sc(C)c(C)c12. The summed E-state index contributed by atoms with van der Waals surface area (Å²) < 4.78 is 5.90. The van der Waals surface area contributed by atoms with Crippen LogP contribution in [0, 0.1) is 13.8 Å². The molecule has 0 spiro atoms. The third-order valence-corrected chi connectivity index (χ3v) is 5.83. The Labute approximate surface area is 129 Å². The Hall–Kier alpha value is -1.20. The van der Waals surface area contributed by atoms with Crippen molar-refractivity contribution in [3.05, 3.63) is 16.3 Å². The molecule has 0 atom stereocenters. The van der Waals surface area contributed by atoms with E-state index in [1.807, 2.05) is 7.05 Å². The maximum atomic E-state index is 5.90. The van der Waals surface area contributed by atoms with Gasteiger partial charge in [0.15, 0.2) is 5.82 Å². The number of aryl methyl sites for hydroxylation is 2. The maximum Gasteiger partial charge on any atom is 0.164 e. The van der Waals surface area contributed by atoms with Gasteiger partial charge in [-0.05, 0) is 32.3 Å². The predicted molar refractivity (Wildman–Crippen MR) is 88.2 cm³/mol. The highest BCUT2D eigenvalue weighted by Crippen LogP contribution is 2.41. The smallest absolute Gasteiger partial charge is 0.164 e. The number of hydrogen-bond acceptors (Lipinski definition) is 5. The van der Waals surface area contributed by atoms with Gasteiger partial charge in [-0.3, -0.25) is 0 Å². The summed E-state index contributed by atoms with van der Waals surface area (Å²) in [5.41, 5.74) is 0.977. The molecule has 0 amide bonds. The molecule has 1 N–H and O–H groups in total. The zero-order valence-electron chi connectivity index (χ0n) is 13.2. The molecular weight excluding hydrogens is 282 g/mol. The number of rotatable bonds is 3. The van der Waals surface area contributed by atoms with Crippen molar-refractivity contribution in [3.8, 4) is 0 Å². The highest BCUT2D eigenvalue weighted by Gasteiger charge is 2.37. The van der Waals surface area contributed by atoms with Crippen LogP contribution in [0.1, 0.15) is 48.4 Å². The Morgan fingerprint density at radius 3 is 2.48 bits per heavy atom. The molecule has 0 unspecified atom stereocenters. The van der Waals surface area contributed by atoms with Gasteiger partial charge in [0.2, 0.25) is 0 Å². The lowest BCUT2D eigenvalue weighted by atomic mass is 9.84. The van der Waals surface area contributed by atoms with E-state index < -0.39 is 0 Å². The first-order valence-corrected chi connectivity index (χ1v) is 8.44. The molecule has 0 aromatic carbocycles. The fraction of sp³-hybridized carbons (Fsp3) is 0.625. The molecule has 2 aromatic heterocycles. The minimum atomic E-state index is -0.302. The van der Waals surface area contributed by atoms with Gasteiger partial charge in [-0.25, -0.2) is 9.97 Å². The minimum absolute atomic E-state index is 0.302. The summed E-state index contributed by atoms with van der Waals surface area (Å²) >= 11 is 1.75. The normalized spacial score (nSPS) is 18.1. The molecule has 2 aromatic rings. The summed E-state index contributed by atoms with van der Waals surface area (Å²) in [6, 6.07) is 0. The van der Waals surface area contributed by atoms with Crippen LogP contribution >= 0.6 is 11.3 Å². The Morgan fingerprint density at radius 1 is 1.14 bits per heavy atom. The third kappa shape index (κ3) is 2.32. The average Bonchev–Trinajstić information content (AvgIpc) is 2.82. The van der Waals surface area contributed by atoms with Crippen LogP contribution in [-0.2, 0) is 10.3 Å². The van der Waals surface area contributed by atoms with E-state index >= 15 is 0 Å². The van der Waals surface area contributed by atoms with Crippen molar-refractivity contribution in [1.82, 2.24) is 9.97 Å². The molecular formula is C16H23N3OS. The first kappa shape index (κ1) is 14.7. The van der Waals surface area contributed by atoms with Crippen molar-refractivity contribution < 1.29 is 4.74 Å². The lowest BCUT2D eigenvalue weighted by molar-refractivity contribution is -0.0511. The van der Waals surface area contributed by atoms with Gasteiger partial charge in [-0.2, -0.15) is 0 Å². The fourth-order valence-corrected chi connectivity index (χ4v) is 4.31. The Bertz CT molecular complexity index is 659. The summed E-state index contributed by atoms with van der Waals surface area (Å²) in [7, 11) is 3.72. The number of fused-ring (bicyclic) bond motifs is 1. The Balaban J connectivity index is 2.19. The number of thiophene rings is 1. The Morgan fingerprint density at radius 2 is 1.86 bits per heavy atom. The van der Waals surface area contributed by atoms with Crippen LogP contribution in [0.4, 0.5) is 5.82 Å². The third-order valence-electron chi connectivity index (χ3n) is 4.72. The predicted octanol–water partition coefficient (Wildman–Crippen LogP) is 4.16. The molecule has 1 saturated carbocycles. The molecule has 0 radical (unpaired) electrons. The summed E-state index contributed by atoms with van der Waals surface area (Å²) in [6.07, 6.45) is 5.69. The number of methoxy groups -OCH3 is 1. The van der Waals surface area contributed by atoms with E-state index in [-0.39, 0.29) is 5.60 Å². The maximum absolute atomic E-state index is 5.90. The molecule has 0 bridgehead atoms. The van der Waals surface area contributed by atoms with Crippen LogP contribution in [0.15, 0.2) is 0 Å². The molecule has 4 nitrogen and oxygen atoms in total. The number of nitrogens with zero attached hydrogens (tertiary/aromatic N) is 2.